The quantitative estimate of drug-likeness (QED) is 0.635. The van der Waals surface area contributed by atoms with Gasteiger partial charge in [-0.1, -0.05) is 27.5 Å². The van der Waals surface area contributed by atoms with Crippen LogP contribution in [0.15, 0.2) is 40.9 Å². The summed E-state index contributed by atoms with van der Waals surface area (Å²) in [6, 6.07) is 7.74. The van der Waals surface area contributed by atoms with E-state index in [9.17, 15) is 9.18 Å². The summed E-state index contributed by atoms with van der Waals surface area (Å²) in [6.45, 7) is 2.29. The van der Waals surface area contributed by atoms with Gasteiger partial charge in [-0.05, 0) is 48.9 Å². The van der Waals surface area contributed by atoms with Gasteiger partial charge in [-0.2, -0.15) is 0 Å². The van der Waals surface area contributed by atoms with Crippen molar-refractivity contribution >= 4 is 45.2 Å². The molecule has 0 radical (unpaired) electrons. The first-order chi connectivity index (χ1) is 11.9. The minimum atomic E-state index is -0.526. The Morgan fingerprint density at radius 3 is 2.76 bits per heavy atom. The fourth-order valence-electron chi connectivity index (χ4n) is 2.08. The molecule has 132 valence electrons. The minimum absolute atomic E-state index is 0.0978. The first-order valence-corrected chi connectivity index (χ1v) is 8.56. The molecule has 0 heterocycles. The second-order valence-electron chi connectivity index (χ2n) is 4.91. The maximum atomic E-state index is 13.7. The van der Waals surface area contributed by atoms with E-state index in [0.717, 1.165) is 0 Å². The summed E-state index contributed by atoms with van der Waals surface area (Å²) in [5.41, 5.74) is 0.751. The Bertz CT molecular complexity index is 811. The van der Waals surface area contributed by atoms with Gasteiger partial charge >= 0.3 is 0 Å². The molecule has 0 fully saturated rings. The van der Waals surface area contributed by atoms with E-state index >= 15 is 0 Å². The van der Waals surface area contributed by atoms with Crippen molar-refractivity contribution < 1.29 is 18.7 Å². The Balaban J connectivity index is 2.16. The maximum absolute atomic E-state index is 13.7. The largest absolute Gasteiger partial charge is 0.491 e. The summed E-state index contributed by atoms with van der Waals surface area (Å²) in [6.07, 6.45) is 2.84. The van der Waals surface area contributed by atoms with Gasteiger partial charge in [-0.15, -0.1) is 0 Å². The lowest BCUT2D eigenvalue weighted by Gasteiger charge is -2.11. The Hall–Kier alpha value is -2.05. The van der Waals surface area contributed by atoms with Gasteiger partial charge in [0.25, 0.3) is 0 Å². The van der Waals surface area contributed by atoms with Crippen LogP contribution in [0.3, 0.4) is 0 Å². The zero-order valence-corrected chi connectivity index (χ0v) is 15.9. The van der Waals surface area contributed by atoms with Gasteiger partial charge in [0.2, 0.25) is 5.91 Å². The van der Waals surface area contributed by atoms with Crippen molar-refractivity contribution in [2.24, 2.45) is 0 Å². The second kappa shape index (κ2) is 8.87. The molecule has 4 nitrogen and oxygen atoms in total. The molecular formula is C18H16BrClFNO3. The molecule has 2 aromatic rings. The molecular weight excluding hydrogens is 413 g/mol. The third kappa shape index (κ3) is 5.21. The normalized spacial score (nSPS) is 10.8. The first kappa shape index (κ1) is 19.3. The molecule has 0 aromatic heterocycles. The topological polar surface area (TPSA) is 47.6 Å². The summed E-state index contributed by atoms with van der Waals surface area (Å²) in [4.78, 5) is 12.0. The van der Waals surface area contributed by atoms with Gasteiger partial charge in [0.05, 0.1) is 24.4 Å². The molecule has 0 saturated carbocycles. The van der Waals surface area contributed by atoms with E-state index in [1.165, 1.54) is 25.3 Å². The van der Waals surface area contributed by atoms with Crippen molar-refractivity contribution in [3.8, 4) is 11.5 Å². The van der Waals surface area contributed by atoms with Crippen molar-refractivity contribution in [1.29, 1.82) is 0 Å². The molecule has 25 heavy (non-hydrogen) atoms. The van der Waals surface area contributed by atoms with E-state index < -0.39 is 11.7 Å². The fourth-order valence-corrected chi connectivity index (χ4v) is 2.71. The van der Waals surface area contributed by atoms with Gasteiger partial charge in [0.1, 0.15) is 5.82 Å². The van der Waals surface area contributed by atoms with E-state index in [2.05, 4.69) is 21.2 Å². The maximum Gasteiger partial charge on any atom is 0.248 e. The number of hydrogen-bond acceptors (Lipinski definition) is 3. The highest BCUT2D eigenvalue weighted by atomic mass is 79.9. The highest BCUT2D eigenvalue weighted by Gasteiger charge is 2.11. The number of halogens is 3. The number of rotatable bonds is 6. The second-order valence-corrected chi connectivity index (χ2v) is 6.24. The lowest BCUT2D eigenvalue weighted by Crippen LogP contribution is -2.09. The molecule has 0 atom stereocenters. The number of nitrogens with one attached hydrogen (secondary N) is 1. The number of anilines is 1. The van der Waals surface area contributed by atoms with E-state index in [1.54, 1.807) is 24.3 Å². The van der Waals surface area contributed by atoms with E-state index in [1.807, 2.05) is 6.92 Å². The van der Waals surface area contributed by atoms with Crippen LogP contribution in [0.1, 0.15) is 12.5 Å². The van der Waals surface area contributed by atoms with Crippen LogP contribution >= 0.6 is 27.5 Å². The Morgan fingerprint density at radius 2 is 2.12 bits per heavy atom. The zero-order valence-electron chi connectivity index (χ0n) is 13.6. The van der Waals surface area contributed by atoms with Crippen LogP contribution in [0.25, 0.3) is 6.08 Å². The van der Waals surface area contributed by atoms with Crippen LogP contribution in [0.2, 0.25) is 5.02 Å². The molecule has 2 aromatic carbocycles. The number of methoxy groups -OCH3 is 1. The fraction of sp³-hybridized carbons (Fsp3) is 0.167. The van der Waals surface area contributed by atoms with Gasteiger partial charge < -0.3 is 14.8 Å². The standard InChI is InChI=1S/C18H16BrClFNO3/c1-3-25-16-9-11(8-13(20)18(16)24-2)4-7-17(23)22-15-6-5-12(19)10-14(15)21/h4-10H,3H2,1-2H3,(H,22,23)/b7-4+. The Morgan fingerprint density at radius 1 is 1.36 bits per heavy atom. The average Bonchev–Trinajstić information content (AvgIpc) is 2.56. The number of benzene rings is 2. The predicted molar refractivity (Wildman–Crippen MR) is 101 cm³/mol. The SMILES string of the molecule is CCOc1cc(/C=C/C(=O)Nc2ccc(Br)cc2F)cc(Cl)c1OC. The van der Waals surface area contributed by atoms with Crippen LogP contribution in [-0.2, 0) is 4.79 Å². The molecule has 0 bridgehead atoms. The summed E-state index contributed by atoms with van der Waals surface area (Å²) >= 11 is 9.32. The summed E-state index contributed by atoms with van der Waals surface area (Å²) in [7, 11) is 1.50. The molecule has 0 aliphatic rings. The van der Waals surface area contributed by atoms with Crippen molar-refractivity contribution in [1.82, 2.24) is 0 Å². The van der Waals surface area contributed by atoms with Crippen molar-refractivity contribution in [3.63, 3.8) is 0 Å². The Kier molecular flexibility index (Phi) is 6.84. The van der Waals surface area contributed by atoms with Crippen molar-refractivity contribution in [2.75, 3.05) is 19.0 Å². The zero-order chi connectivity index (χ0) is 18.4. The molecule has 0 unspecified atom stereocenters. The molecule has 1 amide bonds. The van der Waals surface area contributed by atoms with E-state index in [-0.39, 0.29) is 5.69 Å². The third-order valence-electron chi connectivity index (χ3n) is 3.15. The first-order valence-electron chi connectivity index (χ1n) is 7.39. The van der Waals surface area contributed by atoms with Crippen LogP contribution in [0, 0.1) is 5.82 Å². The Labute approximate surface area is 158 Å². The summed E-state index contributed by atoms with van der Waals surface area (Å²) in [5.74, 6) is -0.0769. The van der Waals surface area contributed by atoms with Gasteiger partial charge in [-0.25, -0.2) is 4.39 Å². The average molecular weight is 429 g/mol. The lowest BCUT2D eigenvalue weighted by molar-refractivity contribution is -0.111. The van der Waals surface area contributed by atoms with Crippen LogP contribution < -0.4 is 14.8 Å². The summed E-state index contributed by atoms with van der Waals surface area (Å²) in [5, 5.41) is 2.84. The smallest absolute Gasteiger partial charge is 0.248 e. The van der Waals surface area contributed by atoms with Gasteiger partial charge in [-0.3, -0.25) is 4.79 Å². The number of carbonyl (C=O) groups excluding carboxylic acids is 1. The molecule has 2 rings (SSSR count). The number of carbonyl (C=O) groups is 1. The van der Waals surface area contributed by atoms with Crippen LogP contribution in [-0.4, -0.2) is 19.6 Å². The molecule has 0 saturated heterocycles. The van der Waals surface area contributed by atoms with Gasteiger partial charge in [0.15, 0.2) is 11.5 Å². The molecule has 0 aliphatic carbocycles. The lowest BCUT2D eigenvalue weighted by atomic mass is 10.2. The van der Waals surface area contributed by atoms with Crippen LogP contribution in [0.5, 0.6) is 11.5 Å². The van der Waals surface area contributed by atoms with E-state index in [0.29, 0.717) is 33.2 Å². The molecule has 0 aliphatic heterocycles. The minimum Gasteiger partial charge on any atom is -0.491 e. The van der Waals surface area contributed by atoms with E-state index in [4.69, 9.17) is 21.1 Å². The predicted octanol–water partition coefficient (Wildman–Crippen LogP) is 5.30. The highest BCUT2D eigenvalue weighted by molar-refractivity contribution is 9.10. The summed E-state index contributed by atoms with van der Waals surface area (Å²) < 4.78 is 25.0. The van der Waals surface area contributed by atoms with Crippen LogP contribution in [0.4, 0.5) is 10.1 Å². The molecule has 1 N–H and O–H groups in total. The highest BCUT2D eigenvalue weighted by Crippen LogP contribution is 2.36. The van der Waals surface area contributed by atoms with Crippen molar-refractivity contribution in [3.05, 3.63) is 57.3 Å². The van der Waals surface area contributed by atoms with Crippen molar-refractivity contribution in [2.45, 2.75) is 6.92 Å². The molecule has 7 heteroatoms. The van der Waals surface area contributed by atoms with Gasteiger partial charge in [0, 0.05) is 10.5 Å². The monoisotopic (exact) mass is 427 g/mol. The third-order valence-corrected chi connectivity index (χ3v) is 3.93. The number of amides is 1. The number of hydrogen-bond donors (Lipinski definition) is 1. The number of ether oxygens (including phenoxy) is 2. The molecule has 0 spiro atoms.